The predicted octanol–water partition coefficient (Wildman–Crippen LogP) is 4.04. The quantitative estimate of drug-likeness (QED) is 0.538. The molecule has 1 aromatic heterocycles. The Morgan fingerprint density at radius 1 is 1.11 bits per heavy atom. The van der Waals surface area contributed by atoms with Crippen LogP contribution in [-0.4, -0.2) is 15.7 Å². The number of anilines is 1. The molecule has 3 aromatic rings. The van der Waals surface area contributed by atoms with Crippen LogP contribution in [0, 0.1) is 30.2 Å². The van der Waals surface area contributed by atoms with Crippen molar-refractivity contribution in [3.8, 4) is 5.75 Å². The van der Waals surface area contributed by atoms with Gasteiger partial charge in [-0.05, 0) is 24.6 Å². The molecule has 3 rings (SSSR count). The van der Waals surface area contributed by atoms with Crippen LogP contribution >= 0.6 is 0 Å². The summed E-state index contributed by atoms with van der Waals surface area (Å²) in [7, 11) is 0. The summed E-state index contributed by atoms with van der Waals surface area (Å²) >= 11 is 0. The lowest BCUT2D eigenvalue weighted by Gasteiger charge is -2.09. The summed E-state index contributed by atoms with van der Waals surface area (Å²) in [6, 6.07) is 8.59. The Morgan fingerprint density at radius 2 is 1.78 bits per heavy atom. The van der Waals surface area contributed by atoms with Crippen molar-refractivity contribution < 1.29 is 27.1 Å². The van der Waals surface area contributed by atoms with E-state index in [1.54, 1.807) is 17.4 Å². The summed E-state index contributed by atoms with van der Waals surface area (Å²) in [6.45, 7) is 1.84. The topological polar surface area (TPSA) is 56.1 Å². The predicted molar refractivity (Wildman–Crippen MR) is 88.3 cm³/mol. The first kappa shape index (κ1) is 18.4. The highest BCUT2D eigenvalue weighted by molar-refractivity contribution is 6.02. The van der Waals surface area contributed by atoms with Gasteiger partial charge < -0.3 is 10.1 Å². The van der Waals surface area contributed by atoms with E-state index in [9.17, 15) is 22.4 Å². The Hall–Kier alpha value is -3.36. The van der Waals surface area contributed by atoms with Gasteiger partial charge in [-0.3, -0.25) is 4.79 Å². The minimum absolute atomic E-state index is 0.0184. The molecule has 140 valence electrons. The molecule has 0 atom stereocenters. The second kappa shape index (κ2) is 7.48. The average molecular weight is 379 g/mol. The molecule has 0 saturated heterocycles. The molecular weight excluding hydrogens is 366 g/mol. The number of aryl methyl sites for hydroxylation is 1. The van der Waals surface area contributed by atoms with Gasteiger partial charge in [-0.25, -0.2) is 22.2 Å². The molecule has 0 spiro atoms. The highest BCUT2D eigenvalue weighted by Gasteiger charge is 2.22. The SMILES string of the molecule is Cc1ccccc1OCn1ccc(C(=O)Nc2c(F)c(F)cc(F)c2F)n1. The Labute approximate surface area is 151 Å². The molecule has 9 heteroatoms. The number of carbonyl (C=O) groups excluding carboxylic acids is 1. The number of amides is 1. The van der Waals surface area contributed by atoms with Gasteiger partial charge in [0.05, 0.1) is 0 Å². The van der Waals surface area contributed by atoms with Gasteiger partial charge in [0.2, 0.25) is 0 Å². The lowest BCUT2D eigenvalue weighted by molar-refractivity contribution is 0.101. The monoisotopic (exact) mass is 379 g/mol. The third-order valence-electron chi connectivity index (χ3n) is 3.67. The van der Waals surface area contributed by atoms with Crippen molar-refractivity contribution in [3.63, 3.8) is 0 Å². The lowest BCUT2D eigenvalue weighted by atomic mass is 10.2. The van der Waals surface area contributed by atoms with Gasteiger partial charge in [0, 0.05) is 12.3 Å². The average Bonchev–Trinajstić information content (AvgIpc) is 3.12. The molecule has 0 radical (unpaired) electrons. The molecule has 5 nitrogen and oxygen atoms in total. The number of nitrogens with zero attached hydrogens (tertiary/aromatic N) is 2. The molecule has 0 aliphatic rings. The first-order valence-corrected chi connectivity index (χ1v) is 7.73. The lowest BCUT2D eigenvalue weighted by Crippen LogP contribution is -2.17. The third kappa shape index (κ3) is 3.91. The maximum Gasteiger partial charge on any atom is 0.276 e. The van der Waals surface area contributed by atoms with Crippen LogP contribution in [0.15, 0.2) is 42.6 Å². The molecule has 0 aliphatic carbocycles. The first-order valence-electron chi connectivity index (χ1n) is 7.73. The van der Waals surface area contributed by atoms with E-state index >= 15 is 0 Å². The van der Waals surface area contributed by atoms with Gasteiger partial charge in [-0.2, -0.15) is 5.10 Å². The smallest absolute Gasteiger partial charge is 0.276 e. The third-order valence-corrected chi connectivity index (χ3v) is 3.67. The Kier molecular flexibility index (Phi) is 5.11. The van der Waals surface area contributed by atoms with Gasteiger partial charge in [0.15, 0.2) is 35.7 Å². The Morgan fingerprint density at radius 3 is 2.44 bits per heavy atom. The summed E-state index contributed by atoms with van der Waals surface area (Å²) in [5.41, 5.74) is -0.531. The van der Waals surface area contributed by atoms with Crippen LogP contribution < -0.4 is 10.1 Å². The minimum Gasteiger partial charge on any atom is -0.471 e. The highest BCUT2D eigenvalue weighted by atomic mass is 19.2. The number of aromatic nitrogens is 2. The number of ether oxygens (including phenoxy) is 1. The molecule has 2 aromatic carbocycles. The van der Waals surface area contributed by atoms with E-state index in [0.29, 0.717) is 5.75 Å². The van der Waals surface area contributed by atoms with Gasteiger partial charge in [0.25, 0.3) is 5.91 Å². The second-order valence-corrected chi connectivity index (χ2v) is 5.58. The van der Waals surface area contributed by atoms with Crippen LogP contribution in [0.1, 0.15) is 16.1 Å². The number of hydrogen-bond acceptors (Lipinski definition) is 3. The van der Waals surface area contributed by atoms with Crippen molar-refractivity contribution >= 4 is 11.6 Å². The van der Waals surface area contributed by atoms with Crippen LogP contribution in [0.4, 0.5) is 23.2 Å². The Balaban J connectivity index is 1.72. The van der Waals surface area contributed by atoms with Gasteiger partial charge in [0.1, 0.15) is 11.4 Å². The zero-order chi connectivity index (χ0) is 19.6. The van der Waals surface area contributed by atoms with Crippen molar-refractivity contribution in [2.24, 2.45) is 0 Å². The number of halogens is 4. The van der Waals surface area contributed by atoms with Crippen molar-refractivity contribution in [3.05, 3.63) is 77.1 Å². The van der Waals surface area contributed by atoms with Crippen LogP contribution in [0.2, 0.25) is 0 Å². The largest absolute Gasteiger partial charge is 0.471 e. The molecule has 0 unspecified atom stereocenters. The first-order chi connectivity index (χ1) is 12.9. The molecular formula is C18H13F4N3O2. The molecule has 0 bridgehead atoms. The summed E-state index contributed by atoms with van der Waals surface area (Å²) in [5.74, 6) is -7.07. The zero-order valence-electron chi connectivity index (χ0n) is 14.0. The van der Waals surface area contributed by atoms with Crippen molar-refractivity contribution in [1.82, 2.24) is 9.78 Å². The van der Waals surface area contributed by atoms with Gasteiger partial charge >= 0.3 is 0 Å². The number of para-hydroxylation sites is 1. The molecule has 0 fully saturated rings. The zero-order valence-corrected chi connectivity index (χ0v) is 14.0. The van der Waals surface area contributed by atoms with Crippen LogP contribution in [0.5, 0.6) is 5.75 Å². The van der Waals surface area contributed by atoms with E-state index in [-0.39, 0.29) is 18.5 Å². The molecule has 0 aliphatic heterocycles. The maximum atomic E-state index is 13.6. The standard InChI is InChI=1S/C18H13F4N3O2/c1-10-4-2-3-5-14(10)27-9-25-7-6-13(24-25)18(26)23-17-15(21)11(19)8-12(20)16(17)22/h2-8H,9H2,1H3,(H,23,26). The van der Waals surface area contributed by atoms with E-state index in [4.69, 9.17) is 4.74 Å². The van der Waals surface area contributed by atoms with Gasteiger partial charge in [-0.1, -0.05) is 18.2 Å². The van der Waals surface area contributed by atoms with E-state index in [1.807, 2.05) is 19.1 Å². The van der Waals surface area contributed by atoms with Crippen molar-refractivity contribution in [1.29, 1.82) is 0 Å². The summed E-state index contributed by atoms with van der Waals surface area (Å²) in [5, 5.41) is 5.69. The normalized spacial score (nSPS) is 10.7. The van der Waals surface area contributed by atoms with E-state index in [1.165, 1.54) is 16.9 Å². The number of hydrogen-bond donors (Lipinski definition) is 1. The highest BCUT2D eigenvalue weighted by Crippen LogP contribution is 2.24. The molecule has 1 amide bonds. The molecule has 1 heterocycles. The molecule has 0 saturated carbocycles. The fourth-order valence-electron chi connectivity index (χ4n) is 2.27. The fraction of sp³-hybridized carbons (Fsp3) is 0.111. The number of nitrogens with one attached hydrogen (secondary N) is 1. The number of rotatable bonds is 5. The van der Waals surface area contributed by atoms with Gasteiger partial charge in [-0.15, -0.1) is 0 Å². The van der Waals surface area contributed by atoms with E-state index in [2.05, 4.69) is 5.10 Å². The molecule has 27 heavy (non-hydrogen) atoms. The Bertz CT molecular complexity index is 978. The number of carbonyl (C=O) groups is 1. The summed E-state index contributed by atoms with van der Waals surface area (Å²) in [4.78, 5) is 12.1. The minimum atomic E-state index is -1.70. The van der Waals surface area contributed by atoms with E-state index < -0.39 is 34.9 Å². The maximum absolute atomic E-state index is 13.6. The summed E-state index contributed by atoms with van der Waals surface area (Å²) in [6.07, 6.45) is 1.41. The summed E-state index contributed by atoms with van der Waals surface area (Å²) < 4.78 is 60.5. The number of benzene rings is 2. The van der Waals surface area contributed by atoms with Crippen LogP contribution in [0.25, 0.3) is 0 Å². The van der Waals surface area contributed by atoms with E-state index in [0.717, 1.165) is 5.56 Å². The fourth-order valence-corrected chi connectivity index (χ4v) is 2.27. The van der Waals surface area contributed by atoms with Crippen LogP contribution in [0.3, 0.4) is 0 Å². The van der Waals surface area contributed by atoms with Crippen molar-refractivity contribution in [2.45, 2.75) is 13.7 Å². The molecule has 1 N–H and O–H groups in total. The second-order valence-electron chi connectivity index (χ2n) is 5.58. The van der Waals surface area contributed by atoms with Crippen LogP contribution in [-0.2, 0) is 6.73 Å². The van der Waals surface area contributed by atoms with Crippen molar-refractivity contribution in [2.75, 3.05) is 5.32 Å².